The lowest BCUT2D eigenvalue weighted by Gasteiger charge is -2.10. The van der Waals surface area contributed by atoms with Crippen LogP contribution in [-0.4, -0.2) is 38.2 Å². The van der Waals surface area contributed by atoms with E-state index in [1.807, 2.05) is 0 Å². The van der Waals surface area contributed by atoms with E-state index in [2.05, 4.69) is 0 Å². The molecule has 0 bridgehead atoms. The van der Waals surface area contributed by atoms with Gasteiger partial charge in [0.25, 0.3) is 0 Å². The molecule has 7 heteroatoms. The third-order valence-electron chi connectivity index (χ3n) is 4.13. The van der Waals surface area contributed by atoms with Crippen LogP contribution in [0.5, 0.6) is 23.0 Å². The highest BCUT2D eigenvalue weighted by Gasteiger charge is 2.32. The van der Waals surface area contributed by atoms with Gasteiger partial charge < -0.3 is 24.1 Å². The molecule has 1 aliphatic rings. The predicted molar refractivity (Wildman–Crippen MR) is 96.8 cm³/mol. The maximum absolute atomic E-state index is 12.7. The minimum absolute atomic E-state index is 0.114. The molecule has 0 spiro atoms. The molecule has 2 aromatic carbocycles. The van der Waals surface area contributed by atoms with E-state index in [0.717, 1.165) is 0 Å². The van der Waals surface area contributed by atoms with Crippen LogP contribution < -0.4 is 18.9 Å². The molecule has 2 aromatic rings. The predicted octanol–water partition coefficient (Wildman–Crippen LogP) is 2.96. The number of Topliss-reactive ketones (excluding diaryl/α,β-unsaturated/α-hetero) is 1. The van der Waals surface area contributed by atoms with Gasteiger partial charge in [0, 0.05) is 5.56 Å². The second-order valence-electron chi connectivity index (χ2n) is 5.76. The van der Waals surface area contributed by atoms with E-state index in [4.69, 9.17) is 24.1 Å². The van der Waals surface area contributed by atoms with Crippen molar-refractivity contribution in [3.8, 4) is 23.0 Å². The number of aliphatic carboxylic acids is 1. The summed E-state index contributed by atoms with van der Waals surface area (Å²) in [6.07, 6.45) is 1.35. The Morgan fingerprint density at radius 3 is 2.44 bits per heavy atom. The summed E-state index contributed by atoms with van der Waals surface area (Å²) in [7, 11) is 4.47. The van der Waals surface area contributed by atoms with Gasteiger partial charge in [0.05, 0.1) is 33.3 Å². The lowest BCUT2D eigenvalue weighted by atomic mass is 10.0. The van der Waals surface area contributed by atoms with Crippen LogP contribution >= 0.6 is 0 Å². The number of carbonyl (C=O) groups excluding carboxylic acids is 1. The first-order valence-electron chi connectivity index (χ1n) is 8.06. The molecule has 3 rings (SSSR count). The SMILES string of the molecule is COc1ccc(C=C2Oc3c(ccc(CC(=O)O)c3OC)C2=O)cc1OC. The van der Waals surface area contributed by atoms with Crippen molar-refractivity contribution in [2.24, 2.45) is 0 Å². The monoisotopic (exact) mass is 370 g/mol. The molecule has 1 N–H and O–H groups in total. The third-order valence-corrected chi connectivity index (χ3v) is 4.13. The number of carboxylic acids is 1. The molecule has 7 nitrogen and oxygen atoms in total. The number of rotatable bonds is 6. The summed E-state index contributed by atoms with van der Waals surface area (Å²) in [5, 5.41) is 9.03. The topological polar surface area (TPSA) is 91.3 Å². The Balaban J connectivity index is 1.99. The maximum Gasteiger partial charge on any atom is 0.307 e. The van der Waals surface area contributed by atoms with E-state index in [0.29, 0.717) is 28.2 Å². The third kappa shape index (κ3) is 3.44. The molecule has 0 radical (unpaired) electrons. The highest BCUT2D eigenvalue weighted by atomic mass is 16.5. The van der Waals surface area contributed by atoms with Gasteiger partial charge in [-0.2, -0.15) is 0 Å². The largest absolute Gasteiger partial charge is 0.493 e. The zero-order valence-corrected chi connectivity index (χ0v) is 15.1. The minimum atomic E-state index is -1.00. The summed E-state index contributed by atoms with van der Waals surface area (Å²) in [4.78, 5) is 23.7. The molecular weight excluding hydrogens is 352 g/mol. The maximum atomic E-state index is 12.7. The van der Waals surface area contributed by atoms with Crippen LogP contribution in [0.1, 0.15) is 21.5 Å². The van der Waals surface area contributed by atoms with Crippen LogP contribution in [-0.2, 0) is 11.2 Å². The van der Waals surface area contributed by atoms with Crippen molar-refractivity contribution in [2.75, 3.05) is 21.3 Å². The average Bonchev–Trinajstić information content (AvgIpc) is 2.96. The van der Waals surface area contributed by atoms with Crippen LogP contribution in [0, 0.1) is 0 Å². The summed E-state index contributed by atoms with van der Waals surface area (Å²) in [6.45, 7) is 0. The molecule has 0 amide bonds. The number of benzene rings is 2. The van der Waals surface area contributed by atoms with Crippen molar-refractivity contribution in [1.29, 1.82) is 0 Å². The molecule has 140 valence electrons. The molecule has 1 heterocycles. The number of allylic oxidation sites excluding steroid dienone is 1. The summed E-state index contributed by atoms with van der Waals surface area (Å²) in [6, 6.07) is 8.32. The van der Waals surface area contributed by atoms with Crippen molar-refractivity contribution in [3.05, 3.63) is 52.8 Å². The second-order valence-corrected chi connectivity index (χ2v) is 5.76. The van der Waals surface area contributed by atoms with Gasteiger partial charge in [-0.1, -0.05) is 12.1 Å². The van der Waals surface area contributed by atoms with Gasteiger partial charge >= 0.3 is 5.97 Å². The fourth-order valence-electron chi connectivity index (χ4n) is 2.89. The van der Waals surface area contributed by atoms with Crippen molar-refractivity contribution < 1.29 is 33.6 Å². The summed E-state index contributed by atoms with van der Waals surface area (Å²) in [5.74, 6) is 0.381. The molecule has 0 aliphatic carbocycles. The lowest BCUT2D eigenvalue weighted by molar-refractivity contribution is -0.136. The number of fused-ring (bicyclic) bond motifs is 1. The van der Waals surface area contributed by atoms with Gasteiger partial charge in [0.2, 0.25) is 5.78 Å². The number of ketones is 1. The van der Waals surface area contributed by atoms with Gasteiger partial charge in [0.1, 0.15) is 0 Å². The van der Waals surface area contributed by atoms with Crippen molar-refractivity contribution in [3.63, 3.8) is 0 Å². The lowest BCUT2D eigenvalue weighted by Crippen LogP contribution is -2.03. The average molecular weight is 370 g/mol. The minimum Gasteiger partial charge on any atom is -0.493 e. The Kier molecular flexibility index (Phi) is 5.03. The Morgan fingerprint density at radius 1 is 1.07 bits per heavy atom. The Morgan fingerprint density at radius 2 is 1.81 bits per heavy atom. The molecule has 0 saturated carbocycles. The molecule has 0 atom stereocenters. The highest BCUT2D eigenvalue weighted by molar-refractivity contribution is 6.15. The Bertz CT molecular complexity index is 944. The Labute approximate surface area is 155 Å². The first-order valence-corrected chi connectivity index (χ1v) is 8.06. The fraction of sp³-hybridized carbons (Fsp3) is 0.200. The Hall–Kier alpha value is -3.48. The zero-order valence-electron chi connectivity index (χ0n) is 15.1. The quantitative estimate of drug-likeness (QED) is 0.782. The molecule has 1 aliphatic heterocycles. The number of ether oxygens (including phenoxy) is 4. The van der Waals surface area contributed by atoms with Crippen LogP contribution in [0.25, 0.3) is 6.08 Å². The van der Waals surface area contributed by atoms with E-state index < -0.39 is 5.97 Å². The molecule has 0 saturated heterocycles. The standard InChI is InChI=1S/C20H18O7/c1-24-14-7-4-11(8-15(14)25-2)9-16-18(23)13-6-5-12(10-17(21)22)19(26-3)20(13)27-16/h4-9H,10H2,1-3H3,(H,21,22). The second kappa shape index (κ2) is 7.41. The van der Waals surface area contributed by atoms with E-state index in [-0.39, 0.29) is 29.5 Å². The van der Waals surface area contributed by atoms with Gasteiger partial charge in [-0.05, 0) is 29.8 Å². The molecule has 27 heavy (non-hydrogen) atoms. The summed E-state index contributed by atoms with van der Waals surface area (Å²) < 4.78 is 21.5. The number of hydrogen-bond acceptors (Lipinski definition) is 6. The van der Waals surface area contributed by atoms with E-state index >= 15 is 0 Å². The fourth-order valence-corrected chi connectivity index (χ4v) is 2.89. The van der Waals surface area contributed by atoms with Crippen LogP contribution in [0.3, 0.4) is 0 Å². The van der Waals surface area contributed by atoms with Gasteiger partial charge in [-0.15, -0.1) is 0 Å². The smallest absolute Gasteiger partial charge is 0.307 e. The van der Waals surface area contributed by atoms with Crippen molar-refractivity contribution in [2.45, 2.75) is 6.42 Å². The first-order chi connectivity index (χ1) is 13.0. The van der Waals surface area contributed by atoms with Crippen LogP contribution in [0.15, 0.2) is 36.1 Å². The summed E-state index contributed by atoms with van der Waals surface area (Å²) in [5.41, 5.74) is 1.45. The number of methoxy groups -OCH3 is 3. The summed E-state index contributed by atoms with van der Waals surface area (Å²) >= 11 is 0. The van der Waals surface area contributed by atoms with Crippen molar-refractivity contribution >= 4 is 17.8 Å². The van der Waals surface area contributed by atoms with E-state index in [9.17, 15) is 9.59 Å². The highest BCUT2D eigenvalue weighted by Crippen LogP contribution is 2.42. The number of carboxylic acid groups (broad SMARTS) is 1. The normalized spacial score (nSPS) is 13.9. The number of carbonyl (C=O) groups is 2. The van der Waals surface area contributed by atoms with Gasteiger partial charge in [0.15, 0.2) is 28.8 Å². The first kappa shape index (κ1) is 18.3. The number of hydrogen-bond donors (Lipinski definition) is 1. The van der Waals surface area contributed by atoms with Gasteiger partial charge in [-0.3, -0.25) is 9.59 Å². The van der Waals surface area contributed by atoms with Crippen molar-refractivity contribution in [1.82, 2.24) is 0 Å². The molecule has 0 unspecified atom stereocenters. The zero-order chi connectivity index (χ0) is 19.6. The molecule has 0 aromatic heterocycles. The molecular formula is C20H18O7. The van der Waals surface area contributed by atoms with E-state index in [1.54, 1.807) is 36.4 Å². The van der Waals surface area contributed by atoms with Gasteiger partial charge in [-0.25, -0.2) is 0 Å². The van der Waals surface area contributed by atoms with Crippen LogP contribution in [0.2, 0.25) is 0 Å². The van der Waals surface area contributed by atoms with E-state index in [1.165, 1.54) is 21.3 Å². The molecule has 0 fully saturated rings. The van der Waals surface area contributed by atoms with Crippen LogP contribution in [0.4, 0.5) is 0 Å².